The van der Waals surface area contributed by atoms with Crippen LogP contribution in [0.3, 0.4) is 0 Å². The fourth-order valence-electron chi connectivity index (χ4n) is 4.10. The highest BCUT2D eigenvalue weighted by molar-refractivity contribution is 5.84. The van der Waals surface area contributed by atoms with E-state index in [4.69, 9.17) is 4.74 Å². The van der Waals surface area contributed by atoms with Crippen LogP contribution in [0.5, 0.6) is 0 Å². The average Bonchev–Trinajstić information content (AvgIpc) is 3.11. The number of hydrogen-bond acceptors (Lipinski definition) is 3. The third-order valence-electron chi connectivity index (χ3n) is 5.94. The SMILES string of the molecule is O=C(NCC1CC1)[C@@]12CCO[C@@H]1CCN(C1CCC1)C2. The van der Waals surface area contributed by atoms with Gasteiger partial charge in [-0.15, -0.1) is 0 Å². The summed E-state index contributed by atoms with van der Waals surface area (Å²) >= 11 is 0. The van der Waals surface area contributed by atoms with Crippen molar-refractivity contribution in [3.8, 4) is 0 Å². The number of carbonyl (C=O) groups is 1. The summed E-state index contributed by atoms with van der Waals surface area (Å²) < 4.78 is 5.90. The molecule has 0 bridgehead atoms. The molecule has 2 saturated carbocycles. The topological polar surface area (TPSA) is 41.6 Å². The van der Waals surface area contributed by atoms with Crippen LogP contribution >= 0.6 is 0 Å². The van der Waals surface area contributed by atoms with E-state index in [1.165, 1.54) is 32.1 Å². The van der Waals surface area contributed by atoms with Crippen LogP contribution in [0.1, 0.15) is 44.9 Å². The van der Waals surface area contributed by atoms with Gasteiger partial charge in [-0.3, -0.25) is 9.69 Å². The van der Waals surface area contributed by atoms with Gasteiger partial charge < -0.3 is 10.1 Å². The molecule has 112 valence electrons. The number of nitrogens with zero attached hydrogens (tertiary/aromatic N) is 1. The maximum absolute atomic E-state index is 12.8. The Balaban J connectivity index is 1.46. The van der Waals surface area contributed by atoms with Crippen LogP contribution in [-0.2, 0) is 9.53 Å². The minimum Gasteiger partial charge on any atom is -0.377 e. The van der Waals surface area contributed by atoms with Crippen LogP contribution in [0.15, 0.2) is 0 Å². The van der Waals surface area contributed by atoms with E-state index >= 15 is 0 Å². The van der Waals surface area contributed by atoms with Gasteiger partial charge in [0, 0.05) is 32.3 Å². The van der Waals surface area contributed by atoms with Gasteiger partial charge >= 0.3 is 0 Å². The molecular formula is C16H26N2O2. The maximum Gasteiger partial charge on any atom is 0.230 e. The van der Waals surface area contributed by atoms with Gasteiger partial charge in [-0.25, -0.2) is 0 Å². The van der Waals surface area contributed by atoms with E-state index in [1.807, 2.05) is 0 Å². The number of nitrogens with one attached hydrogen (secondary N) is 1. The molecule has 0 unspecified atom stereocenters. The minimum absolute atomic E-state index is 0.165. The fourth-order valence-corrected chi connectivity index (χ4v) is 4.10. The van der Waals surface area contributed by atoms with Crippen LogP contribution < -0.4 is 5.32 Å². The van der Waals surface area contributed by atoms with E-state index in [2.05, 4.69) is 10.2 Å². The monoisotopic (exact) mass is 278 g/mol. The summed E-state index contributed by atoms with van der Waals surface area (Å²) in [5.74, 6) is 1.03. The number of likely N-dealkylation sites (tertiary alicyclic amines) is 1. The fraction of sp³-hybridized carbons (Fsp3) is 0.938. The molecule has 4 aliphatic rings. The number of piperidine rings is 1. The summed E-state index contributed by atoms with van der Waals surface area (Å²) in [6.07, 6.45) is 8.71. The number of fused-ring (bicyclic) bond motifs is 1. The van der Waals surface area contributed by atoms with Crippen LogP contribution in [-0.4, -0.2) is 49.2 Å². The van der Waals surface area contributed by atoms with Crippen molar-refractivity contribution in [2.75, 3.05) is 26.2 Å². The van der Waals surface area contributed by atoms with Crippen LogP contribution in [0.25, 0.3) is 0 Å². The summed E-state index contributed by atoms with van der Waals surface area (Å²) in [4.78, 5) is 15.4. The first-order valence-corrected chi connectivity index (χ1v) is 8.42. The molecule has 0 aromatic carbocycles. The lowest BCUT2D eigenvalue weighted by molar-refractivity contribution is -0.141. The van der Waals surface area contributed by atoms with Crippen molar-refractivity contribution in [3.63, 3.8) is 0 Å². The lowest BCUT2D eigenvalue weighted by Gasteiger charge is -2.47. The number of carbonyl (C=O) groups excluding carboxylic acids is 1. The Labute approximate surface area is 121 Å². The predicted molar refractivity (Wildman–Crippen MR) is 76.4 cm³/mol. The second kappa shape index (κ2) is 4.99. The summed E-state index contributed by atoms with van der Waals surface area (Å²) in [5, 5.41) is 3.23. The molecule has 2 aliphatic carbocycles. The Morgan fingerprint density at radius 1 is 1.25 bits per heavy atom. The number of hydrogen-bond donors (Lipinski definition) is 1. The quantitative estimate of drug-likeness (QED) is 0.848. The summed E-state index contributed by atoms with van der Waals surface area (Å²) in [7, 11) is 0. The highest BCUT2D eigenvalue weighted by Crippen LogP contribution is 2.43. The number of rotatable bonds is 4. The van der Waals surface area contributed by atoms with Gasteiger partial charge in [-0.05, 0) is 44.4 Å². The van der Waals surface area contributed by atoms with E-state index < -0.39 is 0 Å². The summed E-state index contributed by atoms with van der Waals surface area (Å²) in [6, 6.07) is 0.740. The molecule has 1 N–H and O–H groups in total. The molecule has 0 aromatic rings. The van der Waals surface area contributed by atoms with Crippen molar-refractivity contribution in [2.45, 2.75) is 57.1 Å². The highest BCUT2D eigenvalue weighted by Gasteiger charge is 2.54. The second-order valence-electron chi connectivity index (χ2n) is 7.26. The van der Waals surface area contributed by atoms with Crippen molar-refractivity contribution in [2.24, 2.45) is 11.3 Å². The van der Waals surface area contributed by atoms with E-state index in [9.17, 15) is 4.79 Å². The average molecular weight is 278 g/mol. The predicted octanol–water partition coefficient (Wildman–Crippen LogP) is 1.55. The van der Waals surface area contributed by atoms with Gasteiger partial charge in [0.15, 0.2) is 0 Å². The Hall–Kier alpha value is -0.610. The number of amides is 1. The first kappa shape index (κ1) is 13.1. The molecule has 4 fully saturated rings. The zero-order valence-electron chi connectivity index (χ0n) is 12.3. The van der Waals surface area contributed by atoms with Gasteiger partial charge in [0.1, 0.15) is 0 Å². The summed E-state index contributed by atoms with van der Waals surface area (Å²) in [5.41, 5.74) is -0.247. The van der Waals surface area contributed by atoms with Gasteiger partial charge in [-0.1, -0.05) is 6.42 Å². The molecule has 0 aromatic heterocycles. The molecule has 20 heavy (non-hydrogen) atoms. The zero-order valence-corrected chi connectivity index (χ0v) is 12.3. The van der Waals surface area contributed by atoms with Crippen LogP contribution in [0.2, 0.25) is 0 Å². The van der Waals surface area contributed by atoms with Crippen LogP contribution in [0, 0.1) is 11.3 Å². The molecule has 2 heterocycles. The molecule has 2 aliphatic heterocycles. The molecule has 2 saturated heterocycles. The van der Waals surface area contributed by atoms with E-state index in [1.54, 1.807) is 0 Å². The van der Waals surface area contributed by atoms with E-state index in [0.29, 0.717) is 0 Å². The van der Waals surface area contributed by atoms with Crippen molar-refractivity contribution in [1.29, 1.82) is 0 Å². The van der Waals surface area contributed by atoms with Gasteiger partial charge in [0.2, 0.25) is 5.91 Å². The largest absolute Gasteiger partial charge is 0.377 e. The molecule has 4 rings (SSSR count). The van der Waals surface area contributed by atoms with Crippen molar-refractivity contribution in [3.05, 3.63) is 0 Å². The molecular weight excluding hydrogens is 252 g/mol. The van der Waals surface area contributed by atoms with Crippen LogP contribution in [0.4, 0.5) is 0 Å². The summed E-state index contributed by atoms with van der Waals surface area (Å²) in [6.45, 7) is 3.70. The zero-order chi connectivity index (χ0) is 13.6. The molecule has 0 spiro atoms. The normalized spacial score (nSPS) is 38.3. The Bertz CT molecular complexity index is 392. The van der Waals surface area contributed by atoms with Gasteiger partial charge in [0.05, 0.1) is 11.5 Å². The Morgan fingerprint density at radius 2 is 2.10 bits per heavy atom. The second-order valence-corrected chi connectivity index (χ2v) is 7.26. The first-order valence-electron chi connectivity index (χ1n) is 8.42. The Kier molecular flexibility index (Phi) is 3.26. The maximum atomic E-state index is 12.8. The molecule has 2 atom stereocenters. The van der Waals surface area contributed by atoms with Crippen molar-refractivity contribution < 1.29 is 9.53 Å². The third kappa shape index (κ3) is 2.17. The lowest BCUT2D eigenvalue weighted by atomic mass is 9.74. The van der Waals surface area contributed by atoms with Gasteiger partial charge in [0.25, 0.3) is 0 Å². The molecule has 4 heteroatoms. The first-order chi connectivity index (χ1) is 9.78. The molecule has 1 amide bonds. The van der Waals surface area contributed by atoms with Gasteiger partial charge in [-0.2, -0.15) is 0 Å². The lowest BCUT2D eigenvalue weighted by Crippen LogP contribution is -2.60. The van der Waals surface area contributed by atoms with E-state index in [0.717, 1.165) is 51.0 Å². The van der Waals surface area contributed by atoms with Crippen molar-refractivity contribution in [1.82, 2.24) is 10.2 Å². The Morgan fingerprint density at radius 3 is 2.80 bits per heavy atom. The highest BCUT2D eigenvalue weighted by atomic mass is 16.5. The van der Waals surface area contributed by atoms with E-state index in [-0.39, 0.29) is 17.4 Å². The standard InChI is InChI=1S/C16H26N2O2/c19-15(17-10-12-4-5-12)16-7-9-20-14(16)6-8-18(11-16)13-2-1-3-13/h12-14H,1-11H2,(H,17,19)/t14-,16-/m1/s1. The third-order valence-corrected chi connectivity index (χ3v) is 5.94. The molecule has 4 nitrogen and oxygen atoms in total. The molecule has 0 radical (unpaired) electrons. The minimum atomic E-state index is -0.247. The number of ether oxygens (including phenoxy) is 1. The smallest absolute Gasteiger partial charge is 0.230 e. The van der Waals surface area contributed by atoms with Crippen molar-refractivity contribution >= 4 is 5.91 Å².